The van der Waals surface area contributed by atoms with E-state index in [-0.39, 0.29) is 5.57 Å². The molecule has 2 rings (SSSR count). The molecule has 0 spiro atoms. The minimum Gasteiger partial charge on any atom is -0.399 e. The van der Waals surface area contributed by atoms with Gasteiger partial charge >= 0.3 is 0 Å². The second-order valence-electron chi connectivity index (χ2n) is 4.60. The number of anilines is 2. The third-order valence-electron chi connectivity index (χ3n) is 2.91. The number of benzene rings is 1. The smallest absolute Gasteiger partial charge is 0.267 e. The predicted molar refractivity (Wildman–Crippen MR) is 89.3 cm³/mol. The van der Waals surface area contributed by atoms with Crippen molar-refractivity contribution in [3.8, 4) is 6.07 Å². The molecule has 0 unspecified atom stereocenters. The summed E-state index contributed by atoms with van der Waals surface area (Å²) in [7, 11) is 0. The summed E-state index contributed by atoms with van der Waals surface area (Å²) in [5, 5.41) is 14.9. The average Bonchev–Trinajstić information content (AvgIpc) is 2.55. The third kappa shape index (κ3) is 4.73. The van der Waals surface area contributed by atoms with Gasteiger partial charge in [0.2, 0.25) is 0 Å². The van der Waals surface area contributed by atoms with Crippen LogP contribution in [0.3, 0.4) is 0 Å². The van der Waals surface area contributed by atoms with E-state index in [0.717, 1.165) is 5.56 Å². The van der Waals surface area contributed by atoms with Gasteiger partial charge in [-0.2, -0.15) is 5.26 Å². The van der Waals surface area contributed by atoms with Gasteiger partial charge < -0.3 is 16.4 Å². The molecule has 1 aromatic carbocycles. The number of nitrogen functional groups attached to an aromatic ring is 1. The summed E-state index contributed by atoms with van der Waals surface area (Å²) >= 11 is 5.99. The molecule has 0 saturated carbocycles. The van der Waals surface area contributed by atoms with Crippen molar-refractivity contribution in [1.82, 2.24) is 10.3 Å². The molecule has 0 bridgehead atoms. The Hall–Kier alpha value is -3.04. The second kappa shape index (κ2) is 7.82. The van der Waals surface area contributed by atoms with E-state index in [0.29, 0.717) is 22.9 Å². The zero-order valence-electron chi connectivity index (χ0n) is 12.1. The molecule has 1 heterocycles. The number of nitrogens with one attached hydrogen (secondary N) is 2. The Kier molecular flexibility index (Phi) is 5.56. The molecule has 23 heavy (non-hydrogen) atoms. The van der Waals surface area contributed by atoms with E-state index in [9.17, 15) is 4.79 Å². The van der Waals surface area contributed by atoms with Crippen LogP contribution >= 0.6 is 11.6 Å². The molecule has 1 amide bonds. The van der Waals surface area contributed by atoms with Gasteiger partial charge in [-0.15, -0.1) is 0 Å². The summed E-state index contributed by atoms with van der Waals surface area (Å²) in [5.74, 6) is -0.554. The Morgan fingerprint density at radius 2 is 2.09 bits per heavy atom. The van der Waals surface area contributed by atoms with E-state index < -0.39 is 5.91 Å². The molecule has 0 saturated heterocycles. The molecule has 2 aromatic rings. The molecule has 0 aliphatic carbocycles. The number of carbonyl (C=O) groups is 1. The van der Waals surface area contributed by atoms with Crippen LogP contribution in [0.1, 0.15) is 5.56 Å². The molecule has 0 fully saturated rings. The zero-order valence-corrected chi connectivity index (χ0v) is 12.8. The number of halogens is 1. The topological polar surface area (TPSA) is 104 Å². The number of pyridine rings is 1. The first-order valence-corrected chi connectivity index (χ1v) is 7.07. The molecule has 7 heteroatoms. The summed E-state index contributed by atoms with van der Waals surface area (Å²) in [6.07, 6.45) is 4.70. The van der Waals surface area contributed by atoms with Crippen molar-refractivity contribution < 1.29 is 4.79 Å². The number of hydrogen-bond donors (Lipinski definition) is 3. The largest absolute Gasteiger partial charge is 0.399 e. The van der Waals surface area contributed by atoms with Crippen molar-refractivity contribution in [1.29, 1.82) is 5.26 Å². The molecule has 0 aliphatic rings. The van der Waals surface area contributed by atoms with E-state index in [1.165, 1.54) is 12.3 Å². The van der Waals surface area contributed by atoms with Gasteiger partial charge in [-0.05, 0) is 35.9 Å². The zero-order chi connectivity index (χ0) is 16.7. The molecule has 1 aromatic heterocycles. The Bertz CT molecular complexity index is 768. The second-order valence-corrected chi connectivity index (χ2v) is 5.01. The highest BCUT2D eigenvalue weighted by molar-refractivity contribution is 6.34. The summed E-state index contributed by atoms with van der Waals surface area (Å²) < 4.78 is 0. The molecule has 0 atom stereocenters. The number of hydrogen-bond acceptors (Lipinski definition) is 5. The van der Waals surface area contributed by atoms with Crippen LogP contribution in [-0.2, 0) is 11.3 Å². The van der Waals surface area contributed by atoms with Gasteiger partial charge in [-0.1, -0.05) is 11.6 Å². The van der Waals surface area contributed by atoms with Crippen LogP contribution in [0.5, 0.6) is 0 Å². The van der Waals surface area contributed by atoms with E-state index in [2.05, 4.69) is 15.6 Å². The summed E-state index contributed by atoms with van der Waals surface area (Å²) in [6.45, 7) is 0.476. The number of aromatic nitrogens is 1. The van der Waals surface area contributed by atoms with Gasteiger partial charge in [0.25, 0.3) is 5.91 Å². The van der Waals surface area contributed by atoms with Gasteiger partial charge in [0.15, 0.2) is 0 Å². The average molecular weight is 328 g/mol. The molecule has 0 radical (unpaired) electrons. The molecular formula is C16H14ClN5O. The van der Waals surface area contributed by atoms with E-state index in [1.807, 2.05) is 18.2 Å². The lowest BCUT2D eigenvalue weighted by molar-refractivity contribution is -0.112. The first-order valence-electron chi connectivity index (χ1n) is 6.69. The van der Waals surface area contributed by atoms with E-state index in [4.69, 9.17) is 22.6 Å². The van der Waals surface area contributed by atoms with Crippen LogP contribution in [-0.4, -0.2) is 10.9 Å². The number of nitrogens with zero attached hydrogens (tertiary/aromatic N) is 2. The Labute approximate surface area is 138 Å². The van der Waals surface area contributed by atoms with Crippen molar-refractivity contribution in [2.75, 3.05) is 11.1 Å². The quantitative estimate of drug-likeness (QED) is 0.444. The lowest BCUT2D eigenvalue weighted by atomic mass is 10.2. The first-order chi connectivity index (χ1) is 11.1. The van der Waals surface area contributed by atoms with Crippen LogP contribution in [0.25, 0.3) is 0 Å². The van der Waals surface area contributed by atoms with Crippen LogP contribution < -0.4 is 16.4 Å². The Balaban J connectivity index is 2.00. The number of nitriles is 1. The molecule has 116 valence electrons. The van der Waals surface area contributed by atoms with Crippen molar-refractivity contribution in [2.45, 2.75) is 6.54 Å². The van der Waals surface area contributed by atoms with Gasteiger partial charge in [0.1, 0.15) is 11.6 Å². The highest BCUT2D eigenvalue weighted by Gasteiger charge is 2.11. The Morgan fingerprint density at radius 3 is 2.74 bits per heavy atom. The first kappa shape index (κ1) is 16.3. The van der Waals surface area contributed by atoms with Gasteiger partial charge in [-0.3, -0.25) is 9.78 Å². The van der Waals surface area contributed by atoms with Crippen LogP contribution in [0.2, 0.25) is 5.02 Å². The monoisotopic (exact) mass is 327 g/mol. The summed E-state index contributed by atoms with van der Waals surface area (Å²) in [5.41, 5.74) is 7.39. The van der Waals surface area contributed by atoms with Crippen molar-refractivity contribution in [2.24, 2.45) is 0 Å². The van der Waals surface area contributed by atoms with Gasteiger partial charge in [0.05, 0.1) is 10.7 Å². The fourth-order valence-corrected chi connectivity index (χ4v) is 1.98. The minimum absolute atomic E-state index is 0.0630. The lowest BCUT2D eigenvalue weighted by Gasteiger charge is -2.07. The third-order valence-corrected chi connectivity index (χ3v) is 3.22. The van der Waals surface area contributed by atoms with Crippen molar-refractivity contribution in [3.63, 3.8) is 0 Å². The maximum absolute atomic E-state index is 12.1. The van der Waals surface area contributed by atoms with Crippen molar-refractivity contribution >= 4 is 28.9 Å². The van der Waals surface area contributed by atoms with Crippen LogP contribution in [0.4, 0.5) is 11.4 Å². The van der Waals surface area contributed by atoms with E-state index in [1.54, 1.807) is 24.5 Å². The highest BCUT2D eigenvalue weighted by Crippen LogP contribution is 2.24. The molecular weight excluding hydrogens is 314 g/mol. The van der Waals surface area contributed by atoms with Gasteiger partial charge in [0, 0.05) is 30.8 Å². The summed E-state index contributed by atoms with van der Waals surface area (Å²) in [4.78, 5) is 16.0. The maximum Gasteiger partial charge on any atom is 0.267 e. The van der Waals surface area contributed by atoms with Crippen LogP contribution in [0.15, 0.2) is 54.5 Å². The standard InChI is InChI=1S/C16H14ClN5O/c17-14-7-13(19)1-2-15(14)22-16(23)12(8-18)10-21-9-11-3-5-20-6-4-11/h1-7,10,21H,9,19H2,(H,22,23)/b12-10-. The minimum atomic E-state index is -0.554. The highest BCUT2D eigenvalue weighted by atomic mass is 35.5. The Morgan fingerprint density at radius 1 is 1.35 bits per heavy atom. The molecule has 0 aliphatic heterocycles. The van der Waals surface area contributed by atoms with Crippen molar-refractivity contribution in [3.05, 3.63) is 65.1 Å². The lowest BCUT2D eigenvalue weighted by Crippen LogP contribution is -2.17. The summed E-state index contributed by atoms with van der Waals surface area (Å²) in [6, 6.07) is 10.2. The SMILES string of the molecule is N#C/C(=C/NCc1ccncc1)C(=O)Nc1ccc(N)cc1Cl. The van der Waals surface area contributed by atoms with Crippen LogP contribution in [0, 0.1) is 11.3 Å². The number of rotatable bonds is 5. The number of carbonyl (C=O) groups excluding carboxylic acids is 1. The molecule has 6 nitrogen and oxygen atoms in total. The number of amides is 1. The molecule has 4 N–H and O–H groups in total. The van der Waals surface area contributed by atoms with Gasteiger partial charge in [-0.25, -0.2) is 0 Å². The predicted octanol–water partition coefficient (Wildman–Crippen LogP) is 2.45. The fourth-order valence-electron chi connectivity index (χ4n) is 1.74. The number of nitrogens with two attached hydrogens (primary N) is 1. The van der Waals surface area contributed by atoms with E-state index >= 15 is 0 Å². The maximum atomic E-state index is 12.1. The fraction of sp³-hybridized carbons (Fsp3) is 0.0625. The normalized spacial score (nSPS) is 10.7.